The van der Waals surface area contributed by atoms with E-state index in [1.807, 2.05) is 0 Å². The smallest absolute Gasteiger partial charge is 0.293 e. The number of halogens is 2. The Labute approximate surface area is 124 Å². The van der Waals surface area contributed by atoms with Crippen LogP contribution in [0.3, 0.4) is 0 Å². The van der Waals surface area contributed by atoms with E-state index >= 15 is 0 Å². The first-order valence-corrected chi connectivity index (χ1v) is 7.07. The maximum atomic E-state index is 13.7. The van der Waals surface area contributed by atoms with Crippen molar-refractivity contribution in [1.29, 1.82) is 0 Å². The zero-order chi connectivity index (χ0) is 14.9. The number of benzene rings is 1. The van der Waals surface area contributed by atoms with Crippen molar-refractivity contribution >= 4 is 33.1 Å². The van der Waals surface area contributed by atoms with Gasteiger partial charge in [-0.3, -0.25) is 14.9 Å². The summed E-state index contributed by atoms with van der Waals surface area (Å²) < 4.78 is 13.7. The Bertz CT molecular complexity index is 555. The van der Waals surface area contributed by atoms with E-state index in [-0.39, 0.29) is 27.7 Å². The number of carbonyl (C=O) groups excluding carboxylic acids is 1. The third-order valence-corrected chi connectivity index (χ3v) is 4.26. The van der Waals surface area contributed by atoms with Crippen molar-refractivity contribution in [3.05, 3.63) is 32.5 Å². The fourth-order valence-corrected chi connectivity index (χ4v) is 2.79. The maximum absolute atomic E-state index is 13.7. The number of anilines is 1. The Morgan fingerprint density at radius 3 is 2.55 bits per heavy atom. The lowest BCUT2D eigenvalue weighted by Crippen LogP contribution is -2.35. The molecular weight excluding hydrogens is 331 g/mol. The Balaban J connectivity index is 2.33. The quantitative estimate of drug-likeness (QED) is 0.622. The number of rotatable bonds is 3. The van der Waals surface area contributed by atoms with Crippen LogP contribution < -0.4 is 4.90 Å². The highest BCUT2D eigenvalue weighted by molar-refractivity contribution is 9.10. The van der Waals surface area contributed by atoms with Crippen molar-refractivity contribution in [3.8, 4) is 0 Å². The summed E-state index contributed by atoms with van der Waals surface area (Å²) in [5.41, 5.74) is 0.104. The van der Waals surface area contributed by atoms with Gasteiger partial charge in [-0.1, -0.05) is 0 Å². The van der Waals surface area contributed by atoms with Crippen molar-refractivity contribution in [2.45, 2.75) is 31.7 Å². The minimum Gasteiger partial charge on any atom is -0.366 e. The van der Waals surface area contributed by atoms with E-state index in [1.54, 1.807) is 11.9 Å². The standard InChI is InChI=1S/C13H14BrFN2O3/c1-16(8-2-4-9(18)5-3-8)12-7-11(15)10(14)6-13(12)17(19)20/h6-8H,2-5H2,1H3. The van der Waals surface area contributed by atoms with E-state index < -0.39 is 10.7 Å². The van der Waals surface area contributed by atoms with Gasteiger partial charge in [-0.25, -0.2) is 4.39 Å². The molecular formula is C13H14BrFN2O3. The van der Waals surface area contributed by atoms with Crippen molar-refractivity contribution in [1.82, 2.24) is 0 Å². The van der Waals surface area contributed by atoms with Gasteiger partial charge in [-0.2, -0.15) is 0 Å². The summed E-state index contributed by atoms with van der Waals surface area (Å²) in [7, 11) is 1.70. The van der Waals surface area contributed by atoms with Gasteiger partial charge in [0.1, 0.15) is 17.3 Å². The number of Topliss-reactive ketones (excluding diaryl/α,β-unsaturated/α-hetero) is 1. The number of carbonyl (C=O) groups is 1. The molecule has 0 unspecified atom stereocenters. The van der Waals surface area contributed by atoms with Crippen molar-refractivity contribution < 1.29 is 14.1 Å². The van der Waals surface area contributed by atoms with Gasteiger partial charge in [0, 0.05) is 38.1 Å². The van der Waals surface area contributed by atoms with Crippen LogP contribution in [0.15, 0.2) is 16.6 Å². The first-order chi connectivity index (χ1) is 9.40. The van der Waals surface area contributed by atoms with E-state index in [0.717, 1.165) is 0 Å². The predicted molar refractivity (Wildman–Crippen MR) is 76.4 cm³/mol. The van der Waals surface area contributed by atoms with Gasteiger partial charge < -0.3 is 4.90 Å². The van der Waals surface area contributed by atoms with E-state index in [4.69, 9.17) is 0 Å². The highest BCUT2D eigenvalue weighted by atomic mass is 79.9. The Hall–Kier alpha value is -1.50. The first-order valence-electron chi connectivity index (χ1n) is 6.28. The van der Waals surface area contributed by atoms with Gasteiger partial charge in [0.05, 0.1) is 9.40 Å². The van der Waals surface area contributed by atoms with E-state index in [1.165, 1.54) is 12.1 Å². The molecule has 1 aromatic carbocycles. The molecule has 5 nitrogen and oxygen atoms in total. The molecule has 0 radical (unpaired) electrons. The lowest BCUT2D eigenvalue weighted by atomic mass is 9.93. The average Bonchev–Trinajstić information content (AvgIpc) is 2.41. The lowest BCUT2D eigenvalue weighted by Gasteiger charge is -2.32. The molecule has 1 fully saturated rings. The van der Waals surface area contributed by atoms with Crippen molar-refractivity contribution in [2.75, 3.05) is 11.9 Å². The van der Waals surface area contributed by atoms with Crippen LogP contribution in [0.25, 0.3) is 0 Å². The molecule has 1 aliphatic rings. The predicted octanol–water partition coefficient (Wildman–Crippen LogP) is 3.44. The molecule has 0 N–H and O–H groups in total. The molecule has 0 aliphatic heterocycles. The minimum absolute atomic E-state index is 0.0203. The highest BCUT2D eigenvalue weighted by Crippen LogP contribution is 2.35. The number of ketones is 1. The summed E-state index contributed by atoms with van der Waals surface area (Å²) in [5, 5.41) is 11.1. The van der Waals surface area contributed by atoms with Crippen molar-refractivity contribution in [2.24, 2.45) is 0 Å². The molecule has 0 saturated heterocycles. The van der Waals surface area contributed by atoms with Gasteiger partial charge in [0.15, 0.2) is 0 Å². The highest BCUT2D eigenvalue weighted by Gasteiger charge is 2.27. The van der Waals surface area contributed by atoms with E-state index in [2.05, 4.69) is 15.9 Å². The number of nitro benzene ring substituents is 1. The van der Waals surface area contributed by atoms with Crippen LogP contribution in [-0.4, -0.2) is 23.8 Å². The third kappa shape index (κ3) is 2.98. The van der Waals surface area contributed by atoms with Crippen LogP contribution in [-0.2, 0) is 4.79 Å². The van der Waals surface area contributed by atoms with Crippen LogP contribution in [0, 0.1) is 15.9 Å². The summed E-state index contributed by atoms with van der Waals surface area (Å²) >= 11 is 2.96. The second-order valence-corrected chi connectivity index (χ2v) is 5.75. The Morgan fingerprint density at radius 2 is 2.00 bits per heavy atom. The molecule has 1 aliphatic carbocycles. The lowest BCUT2D eigenvalue weighted by molar-refractivity contribution is -0.384. The Morgan fingerprint density at radius 1 is 1.40 bits per heavy atom. The molecule has 7 heteroatoms. The number of nitro groups is 1. The summed E-state index contributed by atoms with van der Waals surface area (Å²) in [6.07, 6.45) is 2.23. The summed E-state index contributed by atoms with van der Waals surface area (Å²) in [6.45, 7) is 0. The molecule has 0 spiro atoms. The molecule has 0 heterocycles. The molecule has 0 aromatic heterocycles. The van der Waals surface area contributed by atoms with Gasteiger partial charge in [-0.05, 0) is 28.8 Å². The van der Waals surface area contributed by atoms with Gasteiger partial charge in [0.2, 0.25) is 0 Å². The number of hydrogen-bond acceptors (Lipinski definition) is 4. The van der Waals surface area contributed by atoms with Crippen LogP contribution in [0.1, 0.15) is 25.7 Å². The van der Waals surface area contributed by atoms with Crippen LogP contribution in [0.5, 0.6) is 0 Å². The fourth-order valence-electron chi connectivity index (χ4n) is 2.46. The third-order valence-electron chi connectivity index (χ3n) is 3.65. The molecule has 1 saturated carbocycles. The summed E-state index contributed by atoms with van der Waals surface area (Å²) in [4.78, 5) is 23.5. The van der Waals surface area contributed by atoms with Gasteiger partial charge >= 0.3 is 0 Å². The average molecular weight is 345 g/mol. The van der Waals surface area contributed by atoms with Crippen LogP contribution in [0.2, 0.25) is 0 Å². The first kappa shape index (κ1) is 14.9. The monoisotopic (exact) mass is 344 g/mol. The fraction of sp³-hybridized carbons (Fsp3) is 0.462. The second-order valence-electron chi connectivity index (χ2n) is 4.89. The second kappa shape index (κ2) is 5.87. The van der Waals surface area contributed by atoms with Crippen LogP contribution >= 0.6 is 15.9 Å². The van der Waals surface area contributed by atoms with Crippen molar-refractivity contribution in [3.63, 3.8) is 0 Å². The molecule has 2 rings (SSSR count). The van der Waals surface area contributed by atoms with Crippen LogP contribution in [0.4, 0.5) is 15.8 Å². The molecule has 0 bridgehead atoms. The molecule has 0 atom stereocenters. The summed E-state index contributed by atoms with van der Waals surface area (Å²) in [6, 6.07) is 2.36. The zero-order valence-electron chi connectivity index (χ0n) is 10.9. The topological polar surface area (TPSA) is 63.4 Å². The van der Waals surface area contributed by atoms with Gasteiger partial charge in [-0.15, -0.1) is 0 Å². The number of hydrogen-bond donors (Lipinski definition) is 0. The zero-order valence-corrected chi connectivity index (χ0v) is 12.5. The molecule has 0 amide bonds. The number of nitrogens with zero attached hydrogens (tertiary/aromatic N) is 2. The minimum atomic E-state index is -0.538. The SMILES string of the molecule is CN(c1cc(F)c(Br)cc1[N+](=O)[O-])C1CCC(=O)CC1. The molecule has 108 valence electrons. The maximum Gasteiger partial charge on any atom is 0.293 e. The van der Waals surface area contributed by atoms with E-state index in [0.29, 0.717) is 25.7 Å². The Kier molecular flexibility index (Phi) is 4.37. The largest absolute Gasteiger partial charge is 0.366 e. The van der Waals surface area contributed by atoms with E-state index in [9.17, 15) is 19.3 Å². The normalized spacial score (nSPS) is 16.2. The molecule has 1 aromatic rings. The van der Waals surface area contributed by atoms with Gasteiger partial charge in [0.25, 0.3) is 5.69 Å². The summed E-state index contributed by atoms with van der Waals surface area (Å²) in [5.74, 6) is -0.324. The molecule has 20 heavy (non-hydrogen) atoms.